The average molecular weight is 756 g/mol. The van der Waals surface area contributed by atoms with Gasteiger partial charge < -0.3 is 24.8 Å². The van der Waals surface area contributed by atoms with Crippen molar-refractivity contribution in [2.75, 3.05) is 45.9 Å². The lowest BCUT2D eigenvalue weighted by atomic mass is 9.97. The maximum atomic E-state index is 14.4. The number of rotatable bonds is 16. The summed E-state index contributed by atoms with van der Waals surface area (Å²) in [5.41, 5.74) is 4.40. The van der Waals surface area contributed by atoms with E-state index in [9.17, 15) is 19.2 Å². The zero-order valence-corrected chi connectivity index (χ0v) is 32.3. The molecule has 4 amide bonds. The third kappa shape index (κ3) is 9.48. The van der Waals surface area contributed by atoms with Crippen LogP contribution in [-0.2, 0) is 44.9 Å². The second-order valence-corrected chi connectivity index (χ2v) is 15.3. The van der Waals surface area contributed by atoms with Crippen LogP contribution >= 0.6 is 0 Å². The molecule has 7 rings (SSSR count). The summed E-state index contributed by atoms with van der Waals surface area (Å²) in [5.74, 6) is -1.18. The fraction of sp³-hybridized carbons (Fsp3) is 0.391. The summed E-state index contributed by atoms with van der Waals surface area (Å²) in [7, 11) is 0. The van der Waals surface area contributed by atoms with Crippen LogP contribution in [0.3, 0.4) is 0 Å². The Morgan fingerprint density at radius 1 is 0.679 bits per heavy atom. The molecule has 3 aliphatic heterocycles. The molecule has 0 aromatic heterocycles. The predicted molar refractivity (Wildman–Crippen MR) is 216 cm³/mol. The number of carbonyl (C=O) groups is 4. The van der Waals surface area contributed by atoms with Crippen LogP contribution in [-0.4, -0.2) is 113 Å². The number of benzene rings is 4. The Morgan fingerprint density at radius 2 is 1.30 bits per heavy atom. The molecule has 0 spiro atoms. The lowest BCUT2D eigenvalue weighted by Crippen LogP contribution is -2.65. The van der Waals surface area contributed by atoms with Gasteiger partial charge in [-0.25, -0.2) is 0 Å². The monoisotopic (exact) mass is 755 g/mol. The van der Waals surface area contributed by atoms with E-state index in [-0.39, 0.29) is 24.2 Å². The van der Waals surface area contributed by atoms with Crippen LogP contribution in [0.1, 0.15) is 42.0 Å². The van der Waals surface area contributed by atoms with Crippen LogP contribution in [0.5, 0.6) is 5.75 Å². The van der Waals surface area contributed by atoms with Gasteiger partial charge in [0.25, 0.3) is 0 Å². The summed E-state index contributed by atoms with van der Waals surface area (Å²) in [6.45, 7) is 5.61. The van der Waals surface area contributed by atoms with Crippen molar-refractivity contribution in [3.63, 3.8) is 0 Å². The highest BCUT2D eigenvalue weighted by Gasteiger charge is 2.43. The summed E-state index contributed by atoms with van der Waals surface area (Å²) in [5, 5.41) is 2.80. The Labute approximate surface area is 330 Å². The van der Waals surface area contributed by atoms with Crippen molar-refractivity contribution in [1.29, 1.82) is 0 Å². The fourth-order valence-corrected chi connectivity index (χ4v) is 8.64. The SMILES string of the molecule is CCOc1ccc(CCN2C(=O)C(=O)N([C@@H](Cc3ccccc3)CN3CCC[C@H]3CN3C(=O)C(=O)NC[C@@H]3Cc3ccccc3)C[C@@H]2Cc2ccccc2)cc1. The van der Waals surface area contributed by atoms with E-state index in [2.05, 4.69) is 46.6 Å². The summed E-state index contributed by atoms with van der Waals surface area (Å²) >= 11 is 0. The van der Waals surface area contributed by atoms with Crippen LogP contribution in [0.2, 0.25) is 0 Å². The quantitative estimate of drug-likeness (QED) is 0.169. The fourth-order valence-electron chi connectivity index (χ4n) is 8.64. The molecular formula is C46H53N5O5. The van der Waals surface area contributed by atoms with Crippen molar-refractivity contribution in [2.45, 2.75) is 69.6 Å². The van der Waals surface area contributed by atoms with Crippen molar-refractivity contribution in [2.24, 2.45) is 0 Å². The van der Waals surface area contributed by atoms with Gasteiger partial charge in [-0.15, -0.1) is 0 Å². The maximum absolute atomic E-state index is 14.4. The van der Waals surface area contributed by atoms with E-state index in [1.54, 1.807) is 9.80 Å². The zero-order valence-electron chi connectivity index (χ0n) is 32.3. The molecule has 4 aromatic rings. The molecular weight excluding hydrogens is 703 g/mol. The average Bonchev–Trinajstić information content (AvgIpc) is 3.66. The van der Waals surface area contributed by atoms with Crippen molar-refractivity contribution in [3.05, 3.63) is 138 Å². The van der Waals surface area contributed by atoms with E-state index in [1.807, 2.05) is 90.7 Å². The summed E-state index contributed by atoms with van der Waals surface area (Å²) < 4.78 is 5.62. The Hall–Kier alpha value is -5.48. The van der Waals surface area contributed by atoms with Crippen LogP contribution in [0.4, 0.5) is 0 Å². The molecule has 3 fully saturated rings. The number of hydrogen-bond donors (Lipinski definition) is 1. The van der Waals surface area contributed by atoms with Gasteiger partial charge in [-0.1, -0.05) is 103 Å². The molecule has 3 aliphatic rings. The highest BCUT2D eigenvalue weighted by atomic mass is 16.5. The van der Waals surface area contributed by atoms with Gasteiger partial charge in [0.15, 0.2) is 0 Å². The minimum atomic E-state index is -0.560. The third-order valence-corrected chi connectivity index (χ3v) is 11.6. The first-order valence-corrected chi connectivity index (χ1v) is 20.1. The van der Waals surface area contributed by atoms with Crippen LogP contribution in [0, 0.1) is 0 Å². The number of nitrogens with one attached hydrogen (secondary N) is 1. The van der Waals surface area contributed by atoms with Crippen LogP contribution in [0.15, 0.2) is 115 Å². The first-order valence-electron chi connectivity index (χ1n) is 20.1. The number of carbonyl (C=O) groups excluding carboxylic acids is 4. The van der Waals surface area contributed by atoms with Gasteiger partial charge in [0, 0.05) is 44.8 Å². The molecule has 4 atom stereocenters. The highest BCUT2D eigenvalue weighted by Crippen LogP contribution is 2.27. The van der Waals surface area contributed by atoms with Gasteiger partial charge in [0.05, 0.1) is 18.7 Å². The molecule has 0 bridgehead atoms. The molecule has 56 heavy (non-hydrogen) atoms. The molecule has 3 heterocycles. The largest absolute Gasteiger partial charge is 0.494 e. The van der Waals surface area contributed by atoms with Crippen molar-refractivity contribution < 1.29 is 23.9 Å². The van der Waals surface area contributed by atoms with Crippen LogP contribution < -0.4 is 10.1 Å². The summed E-state index contributed by atoms with van der Waals surface area (Å²) in [6, 6.07) is 37.7. The zero-order chi connectivity index (χ0) is 38.9. The summed E-state index contributed by atoms with van der Waals surface area (Å²) in [6.07, 6.45) is 4.32. The Bertz CT molecular complexity index is 1930. The normalized spacial score (nSPS) is 21.0. The lowest BCUT2D eigenvalue weighted by molar-refractivity contribution is -0.161. The highest BCUT2D eigenvalue weighted by molar-refractivity contribution is 6.36. The van der Waals surface area contributed by atoms with Crippen molar-refractivity contribution in [1.82, 2.24) is 24.9 Å². The van der Waals surface area contributed by atoms with Gasteiger partial charge >= 0.3 is 23.6 Å². The molecule has 0 aliphatic carbocycles. The molecule has 0 radical (unpaired) electrons. The van der Waals surface area contributed by atoms with Gasteiger partial charge in [-0.2, -0.15) is 0 Å². The molecule has 0 saturated carbocycles. The minimum Gasteiger partial charge on any atom is -0.494 e. The van der Waals surface area contributed by atoms with E-state index >= 15 is 0 Å². The first kappa shape index (κ1) is 38.8. The summed E-state index contributed by atoms with van der Waals surface area (Å²) in [4.78, 5) is 62.5. The molecule has 10 nitrogen and oxygen atoms in total. The van der Waals surface area contributed by atoms with Crippen LogP contribution in [0.25, 0.3) is 0 Å². The van der Waals surface area contributed by atoms with E-state index < -0.39 is 23.6 Å². The predicted octanol–water partition coefficient (Wildman–Crippen LogP) is 4.56. The molecule has 0 unspecified atom stereocenters. The number of amides is 4. The van der Waals surface area contributed by atoms with Gasteiger partial charge in [0.2, 0.25) is 0 Å². The number of piperazine rings is 2. The number of ether oxygens (including phenoxy) is 1. The van der Waals surface area contributed by atoms with Gasteiger partial charge in [-0.05, 0) is 86.4 Å². The molecule has 10 heteroatoms. The smallest absolute Gasteiger partial charge is 0.312 e. The number of hydrogen-bond acceptors (Lipinski definition) is 6. The topological polar surface area (TPSA) is 102 Å². The second kappa shape index (κ2) is 18.4. The Morgan fingerprint density at radius 3 is 1.95 bits per heavy atom. The lowest BCUT2D eigenvalue weighted by Gasteiger charge is -2.45. The molecule has 4 aromatic carbocycles. The standard InChI is InChI=1S/C46H53N5O5/c1-2-56-42-22-20-34(21-23-42)24-26-49-41(29-37-17-10-5-11-18-37)33-51(46(55)45(49)54)40(28-36-15-8-4-9-16-36)31-48-25-12-19-38(48)32-50-39(30-47-43(52)44(50)53)27-35-13-6-3-7-14-35/h3-11,13-18,20-23,38-41H,2,12,19,24-33H2,1H3,(H,47,52)/t38-,39-,40-,41-/m0/s1. The molecule has 3 saturated heterocycles. The second-order valence-electron chi connectivity index (χ2n) is 15.3. The Kier molecular flexibility index (Phi) is 12.8. The third-order valence-electron chi connectivity index (χ3n) is 11.6. The van der Waals surface area contributed by atoms with Crippen molar-refractivity contribution in [3.8, 4) is 5.75 Å². The molecule has 292 valence electrons. The maximum Gasteiger partial charge on any atom is 0.312 e. The van der Waals surface area contributed by atoms with E-state index in [0.717, 1.165) is 47.4 Å². The van der Waals surface area contributed by atoms with Crippen molar-refractivity contribution >= 4 is 23.6 Å². The Balaban J connectivity index is 1.12. The molecule has 1 N–H and O–H groups in total. The van der Waals surface area contributed by atoms with Gasteiger partial charge in [-0.3, -0.25) is 24.1 Å². The minimum absolute atomic E-state index is 0.0164. The first-order chi connectivity index (χ1) is 27.4. The number of likely N-dealkylation sites (tertiary alicyclic amines) is 1. The van der Waals surface area contributed by atoms with E-state index in [1.165, 1.54) is 0 Å². The van der Waals surface area contributed by atoms with Gasteiger partial charge in [0.1, 0.15) is 5.75 Å². The number of nitrogens with zero attached hydrogens (tertiary/aromatic N) is 4. The van der Waals surface area contributed by atoms with E-state index in [4.69, 9.17) is 4.74 Å². The van der Waals surface area contributed by atoms with E-state index in [0.29, 0.717) is 65.0 Å².